The van der Waals surface area contributed by atoms with E-state index in [1.54, 1.807) is 19.1 Å². The number of amides is 1. The Balaban J connectivity index is 1.94. The van der Waals surface area contributed by atoms with Crippen LogP contribution in [0.15, 0.2) is 53.4 Å². The number of aryl methyl sites for hydroxylation is 1. The number of rotatable bonds is 5. The maximum Gasteiger partial charge on any atom is 0.416 e. The zero-order chi connectivity index (χ0) is 23.8. The van der Waals surface area contributed by atoms with Crippen LogP contribution in [0.5, 0.6) is 0 Å². The van der Waals surface area contributed by atoms with E-state index in [1.165, 1.54) is 29.2 Å². The van der Waals surface area contributed by atoms with Crippen LogP contribution < -0.4 is 4.90 Å². The summed E-state index contributed by atoms with van der Waals surface area (Å²) in [5.41, 5.74) is 0.725. The van der Waals surface area contributed by atoms with E-state index in [9.17, 15) is 26.4 Å². The van der Waals surface area contributed by atoms with Gasteiger partial charge in [-0.15, -0.1) is 11.3 Å². The molecule has 5 nitrogen and oxygen atoms in total. The molecule has 32 heavy (non-hydrogen) atoms. The van der Waals surface area contributed by atoms with E-state index in [4.69, 9.17) is 0 Å². The lowest BCUT2D eigenvalue weighted by molar-refractivity contribution is -0.137. The molecular formula is C22H21F3N2O3S2. The van der Waals surface area contributed by atoms with E-state index < -0.39 is 21.6 Å². The van der Waals surface area contributed by atoms with Gasteiger partial charge in [0.15, 0.2) is 9.84 Å². The monoisotopic (exact) mass is 482 g/mol. The first kappa shape index (κ1) is 23.9. The lowest BCUT2D eigenvalue weighted by atomic mass is 10.1. The highest BCUT2D eigenvalue weighted by Crippen LogP contribution is 2.34. The van der Waals surface area contributed by atoms with Gasteiger partial charge in [0.1, 0.15) is 9.88 Å². The largest absolute Gasteiger partial charge is 0.416 e. The molecule has 0 saturated heterocycles. The second-order valence-corrected chi connectivity index (χ2v) is 10.6. The fraction of sp³-hybridized carbons (Fsp3) is 0.273. The molecule has 0 N–H and O–H groups in total. The molecule has 0 fully saturated rings. The molecule has 0 aliphatic heterocycles. The summed E-state index contributed by atoms with van der Waals surface area (Å²) in [6.07, 6.45) is -3.32. The van der Waals surface area contributed by atoms with Crippen molar-refractivity contribution in [3.8, 4) is 10.6 Å². The Kier molecular flexibility index (Phi) is 6.48. The third kappa shape index (κ3) is 5.02. The van der Waals surface area contributed by atoms with E-state index in [2.05, 4.69) is 4.98 Å². The van der Waals surface area contributed by atoms with Crippen molar-refractivity contribution in [1.82, 2.24) is 4.98 Å². The Morgan fingerprint density at radius 1 is 1.03 bits per heavy atom. The van der Waals surface area contributed by atoms with Crippen molar-refractivity contribution in [3.63, 3.8) is 0 Å². The minimum atomic E-state index is -4.43. The molecular weight excluding hydrogens is 461 g/mol. The van der Waals surface area contributed by atoms with Crippen LogP contribution in [0.1, 0.15) is 34.8 Å². The van der Waals surface area contributed by atoms with Gasteiger partial charge in [-0.2, -0.15) is 13.2 Å². The highest BCUT2D eigenvalue weighted by Gasteiger charge is 2.30. The SMILES string of the molecule is Cc1nc(-c2ccc(C(F)(F)F)cc2)sc1C(=O)N(c1ccc(S(C)(=O)=O)cc1)C(C)C. The fourth-order valence-electron chi connectivity index (χ4n) is 3.13. The molecule has 0 aliphatic carbocycles. The van der Waals surface area contributed by atoms with Crippen LogP contribution in [0.3, 0.4) is 0 Å². The number of nitrogens with zero attached hydrogens (tertiary/aromatic N) is 2. The summed E-state index contributed by atoms with van der Waals surface area (Å²) in [4.78, 5) is 19.8. The Hall–Kier alpha value is -2.72. The molecule has 0 atom stereocenters. The zero-order valence-electron chi connectivity index (χ0n) is 17.8. The lowest BCUT2D eigenvalue weighted by Gasteiger charge is -2.26. The van der Waals surface area contributed by atoms with E-state index >= 15 is 0 Å². The van der Waals surface area contributed by atoms with Gasteiger partial charge in [-0.25, -0.2) is 13.4 Å². The summed E-state index contributed by atoms with van der Waals surface area (Å²) in [6.45, 7) is 5.33. The Labute approximate surface area is 188 Å². The van der Waals surface area contributed by atoms with Crippen molar-refractivity contribution in [1.29, 1.82) is 0 Å². The molecule has 0 radical (unpaired) electrons. The Morgan fingerprint density at radius 3 is 2.06 bits per heavy atom. The molecule has 3 rings (SSSR count). The number of hydrogen-bond donors (Lipinski definition) is 0. The Morgan fingerprint density at radius 2 is 1.59 bits per heavy atom. The molecule has 0 aliphatic rings. The number of anilines is 1. The van der Waals surface area contributed by atoms with Crippen LogP contribution in [-0.4, -0.2) is 31.6 Å². The minimum Gasteiger partial charge on any atom is -0.305 e. The van der Waals surface area contributed by atoms with Gasteiger partial charge in [-0.3, -0.25) is 4.79 Å². The third-order valence-electron chi connectivity index (χ3n) is 4.73. The first-order chi connectivity index (χ1) is 14.8. The lowest BCUT2D eigenvalue weighted by Crippen LogP contribution is -2.37. The van der Waals surface area contributed by atoms with Crippen LogP contribution in [0.25, 0.3) is 10.6 Å². The van der Waals surface area contributed by atoms with Crippen molar-refractivity contribution in [2.24, 2.45) is 0 Å². The summed E-state index contributed by atoms with van der Waals surface area (Å²) in [5.74, 6) is -0.319. The summed E-state index contributed by atoms with van der Waals surface area (Å²) in [5, 5.41) is 0.440. The quantitative estimate of drug-likeness (QED) is 0.475. The maximum absolute atomic E-state index is 13.3. The number of alkyl halides is 3. The first-order valence-corrected chi connectivity index (χ1v) is 12.3. The van der Waals surface area contributed by atoms with Crippen molar-refractivity contribution in [2.45, 2.75) is 37.9 Å². The second-order valence-electron chi connectivity index (χ2n) is 7.54. The molecule has 2 aromatic carbocycles. The van der Waals surface area contributed by atoms with E-state index in [0.29, 0.717) is 26.8 Å². The number of halogens is 3. The van der Waals surface area contributed by atoms with Gasteiger partial charge in [0, 0.05) is 23.5 Å². The van der Waals surface area contributed by atoms with Gasteiger partial charge in [-0.05, 0) is 57.2 Å². The molecule has 1 aromatic heterocycles. The number of aromatic nitrogens is 1. The van der Waals surface area contributed by atoms with Crippen LogP contribution in [-0.2, 0) is 16.0 Å². The van der Waals surface area contributed by atoms with Crippen LogP contribution in [0, 0.1) is 6.92 Å². The standard InChI is InChI=1S/C22H21F3N2O3S2/c1-13(2)27(17-9-11-18(12-10-17)32(4,29)30)21(28)19-14(3)26-20(31-19)15-5-7-16(8-6-15)22(23,24)25/h5-13H,1-4H3. The van der Waals surface area contributed by atoms with Crippen LogP contribution >= 0.6 is 11.3 Å². The highest BCUT2D eigenvalue weighted by atomic mass is 32.2. The number of thiazole rings is 1. The van der Waals surface area contributed by atoms with Crippen molar-refractivity contribution in [3.05, 3.63) is 64.7 Å². The molecule has 0 unspecified atom stereocenters. The Bertz CT molecular complexity index is 1230. The molecule has 170 valence electrons. The molecule has 1 heterocycles. The third-order valence-corrected chi connectivity index (χ3v) is 7.05. The summed E-state index contributed by atoms with van der Waals surface area (Å²) < 4.78 is 61.9. The smallest absolute Gasteiger partial charge is 0.305 e. The van der Waals surface area contributed by atoms with Gasteiger partial charge in [0.2, 0.25) is 0 Å². The summed E-state index contributed by atoms with van der Waals surface area (Å²) in [7, 11) is -3.37. The maximum atomic E-state index is 13.3. The average Bonchev–Trinajstić information content (AvgIpc) is 3.08. The number of benzene rings is 2. The van der Waals surface area contributed by atoms with Crippen LogP contribution in [0.4, 0.5) is 18.9 Å². The minimum absolute atomic E-state index is 0.149. The molecule has 0 saturated carbocycles. The zero-order valence-corrected chi connectivity index (χ0v) is 19.4. The highest BCUT2D eigenvalue weighted by molar-refractivity contribution is 7.90. The molecule has 0 bridgehead atoms. The van der Waals surface area contributed by atoms with Crippen molar-refractivity contribution in [2.75, 3.05) is 11.2 Å². The topological polar surface area (TPSA) is 67.3 Å². The number of carbonyl (C=O) groups excluding carboxylic acids is 1. The molecule has 1 amide bonds. The van der Waals surface area contributed by atoms with Crippen molar-refractivity contribution < 1.29 is 26.4 Å². The second kappa shape index (κ2) is 8.67. The first-order valence-electron chi connectivity index (χ1n) is 9.58. The van der Waals surface area contributed by atoms with Gasteiger partial charge in [0.05, 0.1) is 16.2 Å². The van der Waals surface area contributed by atoms with Crippen molar-refractivity contribution >= 4 is 32.8 Å². The average molecular weight is 483 g/mol. The van der Waals surface area contributed by atoms with Gasteiger partial charge < -0.3 is 4.90 Å². The summed E-state index contributed by atoms with van der Waals surface area (Å²) in [6, 6.07) is 10.4. The van der Waals surface area contributed by atoms with Gasteiger partial charge in [-0.1, -0.05) is 12.1 Å². The van der Waals surface area contributed by atoms with Gasteiger partial charge >= 0.3 is 6.18 Å². The van der Waals surface area contributed by atoms with Gasteiger partial charge in [0.25, 0.3) is 5.91 Å². The van der Waals surface area contributed by atoms with E-state index in [-0.39, 0.29) is 16.8 Å². The number of carbonyl (C=O) groups is 1. The number of sulfone groups is 1. The molecule has 0 spiro atoms. The predicted molar refractivity (Wildman–Crippen MR) is 119 cm³/mol. The predicted octanol–water partition coefficient (Wildman–Crippen LogP) is 5.60. The molecule has 3 aromatic rings. The van der Waals surface area contributed by atoms with E-state index in [1.807, 2.05) is 13.8 Å². The van der Waals surface area contributed by atoms with Crippen LogP contribution in [0.2, 0.25) is 0 Å². The normalized spacial score (nSPS) is 12.2. The fourth-order valence-corrected chi connectivity index (χ4v) is 4.77. The number of hydrogen-bond acceptors (Lipinski definition) is 5. The summed E-state index contributed by atoms with van der Waals surface area (Å²) >= 11 is 1.10. The van der Waals surface area contributed by atoms with E-state index in [0.717, 1.165) is 29.7 Å². The molecule has 10 heteroatoms.